The number of carboxylic acid groups (broad SMARTS) is 1. The average molecular weight is 482 g/mol. The van der Waals surface area contributed by atoms with Gasteiger partial charge in [-0.15, -0.1) is 0 Å². The number of hydrogen-bond acceptors (Lipinski definition) is 7. The molecule has 9 nitrogen and oxygen atoms in total. The van der Waals surface area contributed by atoms with E-state index in [4.69, 9.17) is 5.11 Å². The Bertz CT molecular complexity index is 1170. The van der Waals surface area contributed by atoms with Gasteiger partial charge in [-0.2, -0.15) is 0 Å². The van der Waals surface area contributed by atoms with Gasteiger partial charge in [-0.1, -0.05) is 13.8 Å². The molecule has 1 aliphatic carbocycles. The highest BCUT2D eigenvalue weighted by atomic mass is 32.2. The van der Waals surface area contributed by atoms with Gasteiger partial charge in [-0.25, -0.2) is 27.1 Å². The summed E-state index contributed by atoms with van der Waals surface area (Å²) in [6, 6.07) is 4.07. The first kappa shape index (κ1) is 25.0. The number of aromatic nitrogens is 2. The Hall–Kier alpha value is -2.63. The van der Waals surface area contributed by atoms with Gasteiger partial charge in [-0.3, -0.25) is 4.79 Å². The second-order valence-corrected chi connectivity index (χ2v) is 10.7. The van der Waals surface area contributed by atoms with Gasteiger partial charge in [0.2, 0.25) is 16.0 Å². The van der Waals surface area contributed by atoms with Crippen LogP contribution in [0.25, 0.3) is 11.3 Å². The zero-order chi connectivity index (χ0) is 24.7. The number of rotatable bonds is 8. The Morgan fingerprint density at radius 3 is 2.52 bits per heavy atom. The molecule has 180 valence electrons. The van der Waals surface area contributed by atoms with Crippen LogP contribution in [0.15, 0.2) is 18.2 Å². The molecule has 3 atom stereocenters. The van der Waals surface area contributed by atoms with Crippen molar-refractivity contribution in [3.8, 4) is 11.3 Å². The van der Waals surface area contributed by atoms with Crippen molar-refractivity contribution in [2.45, 2.75) is 57.2 Å². The minimum absolute atomic E-state index is 0.00824. The summed E-state index contributed by atoms with van der Waals surface area (Å²) in [7, 11) is -2.27. The van der Waals surface area contributed by atoms with Crippen LogP contribution in [0.5, 0.6) is 0 Å². The van der Waals surface area contributed by atoms with Crippen molar-refractivity contribution in [3.05, 3.63) is 40.8 Å². The number of aliphatic carboxylic acids is 1. The van der Waals surface area contributed by atoms with E-state index in [1.54, 1.807) is 0 Å². The van der Waals surface area contributed by atoms with E-state index in [0.717, 1.165) is 10.6 Å². The summed E-state index contributed by atoms with van der Waals surface area (Å²) >= 11 is 0. The Labute approximate surface area is 192 Å². The van der Waals surface area contributed by atoms with Crippen LogP contribution in [0, 0.1) is 5.82 Å². The Morgan fingerprint density at radius 2 is 1.94 bits per heavy atom. The molecule has 3 N–H and O–H groups in total. The smallest absolute Gasteiger partial charge is 0.305 e. The molecule has 0 radical (unpaired) electrons. The number of hydrogen-bond donors (Lipinski definition) is 3. The number of carbonyl (C=O) groups is 1. The van der Waals surface area contributed by atoms with Gasteiger partial charge in [0.05, 0.1) is 36.3 Å². The lowest BCUT2D eigenvalue weighted by atomic mass is 9.75. The lowest BCUT2D eigenvalue weighted by Crippen LogP contribution is -2.31. The van der Waals surface area contributed by atoms with Crippen LogP contribution in [0.2, 0.25) is 0 Å². The molecule has 1 aromatic heterocycles. The van der Waals surface area contributed by atoms with Gasteiger partial charge in [-0.05, 0) is 36.1 Å². The fourth-order valence-electron chi connectivity index (χ4n) is 4.14. The molecule has 0 amide bonds. The molecule has 0 aliphatic heterocycles. The Morgan fingerprint density at radius 1 is 1.27 bits per heavy atom. The molecular formula is C22H28FN3O6S. The highest BCUT2D eigenvalue weighted by Gasteiger charge is 2.35. The van der Waals surface area contributed by atoms with Crippen LogP contribution >= 0.6 is 0 Å². The minimum Gasteiger partial charge on any atom is -0.481 e. The van der Waals surface area contributed by atoms with Gasteiger partial charge in [0.1, 0.15) is 5.82 Å². The molecule has 0 saturated heterocycles. The van der Waals surface area contributed by atoms with Crippen LogP contribution in [-0.4, -0.2) is 65.2 Å². The van der Waals surface area contributed by atoms with E-state index >= 15 is 0 Å². The normalized spacial score (nSPS) is 17.3. The van der Waals surface area contributed by atoms with Gasteiger partial charge in [0, 0.05) is 30.5 Å². The number of aliphatic hydroxyl groups is 2. The molecule has 1 heterocycles. The number of sulfonamides is 1. The molecule has 0 fully saturated rings. The number of fused-ring (bicyclic) bond motifs is 3. The molecular weight excluding hydrogens is 453 g/mol. The van der Waals surface area contributed by atoms with Gasteiger partial charge >= 0.3 is 5.97 Å². The van der Waals surface area contributed by atoms with E-state index < -0.39 is 46.4 Å². The van der Waals surface area contributed by atoms with Crippen LogP contribution < -0.4 is 4.31 Å². The van der Waals surface area contributed by atoms with E-state index in [0.29, 0.717) is 28.1 Å². The van der Waals surface area contributed by atoms with E-state index in [2.05, 4.69) is 9.97 Å². The molecule has 11 heteroatoms. The van der Waals surface area contributed by atoms with Gasteiger partial charge in [0.15, 0.2) is 0 Å². The summed E-state index contributed by atoms with van der Waals surface area (Å²) in [6.45, 7) is 3.80. The standard InChI is InChI=1S/C22H28FN3O6S/c1-11(2)20-17-10-16(18(28)8-13(27)9-19(29)30)15-7-12(23)5-6-14(15)21(17)25-22(24-20)26(3)33(4,31)32/h5-7,11,13,16,18,27-28H,8-10H2,1-4H3,(H,29,30)/t13-,16?,18?/m1/s1. The third kappa shape index (κ3) is 5.31. The van der Waals surface area contributed by atoms with E-state index in [1.165, 1.54) is 25.2 Å². The topological polar surface area (TPSA) is 141 Å². The number of aliphatic hydroxyl groups excluding tert-OH is 2. The lowest BCUT2D eigenvalue weighted by Gasteiger charge is -2.33. The van der Waals surface area contributed by atoms with Crippen molar-refractivity contribution < 1.29 is 32.9 Å². The molecule has 1 aromatic carbocycles. The maximum atomic E-state index is 14.2. The maximum Gasteiger partial charge on any atom is 0.305 e. The lowest BCUT2D eigenvalue weighted by molar-refractivity contribution is -0.139. The second-order valence-electron chi connectivity index (χ2n) is 8.72. The number of anilines is 1. The van der Waals surface area contributed by atoms with Crippen molar-refractivity contribution >= 4 is 21.9 Å². The van der Waals surface area contributed by atoms with Crippen molar-refractivity contribution in [1.82, 2.24) is 9.97 Å². The fourth-order valence-corrected chi connectivity index (χ4v) is 4.52. The molecule has 33 heavy (non-hydrogen) atoms. The molecule has 2 aromatic rings. The predicted molar refractivity (Wildman–Crippen MR) is 120 cm³/mol. The zero-order valence-corrected chi connectivity index (χ0v) is 19.7. The summed E-state index contributed by atoms with van der Waals surface area (Å²) < 4.78 is 39.3. The number of benzene rings is 1. The fraction of sp³-hybridized carbons (Fsp3) is 0.500. The van der Waals surface area contributed by atoms with Crippen molar-refractivity contribution in [2.24, 2.45) is 0 Å². The summed E-state index contributed by atoms with van der Waals surface area (Å²) in [5.41, 5.74) is 2.75. The molecule has 0 saturated carbocycles. The van der Waals surface area contributed by atoms with Crippen molar-refractivity contribution in [2.75, 3.05) is 17.6 Å². The van der Waals surface area contributed by atoms with Gasteiger partial charge in [0.25, 0.3) is 0 Å². The van der Waals surface area contributed by atoms with Crippen LogP contribution in [0.3, 0.4) is 0 Å². The number of carboxylic acids is 1. The molecule has 0 bridgehead atoms. The van der Waals surface area contributed by atoms with Crippen molar-refractivity contribution in [1.29, 1.82) is 0 Å². The zero-order valence-electron chi connectivity index (χ0n) is 18.9. The highest BCUT2D eigenvalue weighted by molar-refractivity contribution is 7.92. The Kier molecular flexibility index (Phi) is 7.06. The van der Waals surface area contributed by atoms with E-state index in [9.17, 15) is 27.8 Å². The molecule has 3 rings (SSSR count). The van der Waals surface area contributed by atoms with Gasteiger partial charge < -0.3 is 15.3 Å². The first-order valence-corrected chi connectivity index (χ1v) is 12.4. The van der Waals surface area contributed by atoms with Crippen LogP contribution in [0.1, 0.15) is 55.3 Å². The SMILES string of the molecule is CC(C)c1nc(N(C)S(C)(=O)=O)nc2c1CC(C(O)C[C@@H](O)CC(=O)O)c1cc(F)ccc1-2. The van der Waals surface area contributed by atoms with Crippen LogP contribution in [0.4, 0.5) is 10.3 Å². The number of nitrogens with zero attached hydrogens (tertiary/aromatic N) is 3. The summed E-state index contributed by atoms with van der Waals surface area (Å²) in [4.78, 5) is 19.9. The van der Waals surface area contributed by atoms with E-state index in [1.807, 2.05) is 13.8 Å². The number of halogens is 1. The van der Waals surface area contributed by atoms with E-state index in [-0.39, 0.29) is 24.7 Å². The second kappa shape index (κ2) is 9.32. The largest absolute Gasteiger partial charge is 0.481 e. The molecule has 0 spiro atoms. The first-order chi connectivity index (χ1) is 15.3. The quantitative estimate of drug-likeness (QED) is 0.520. The summed E-state index contributed by atoms with van der Waals surface area (Å²) in [6.07, 6.45) is -1.85. The first-order valence-electron chi connectivity index (χ1n) is 10.5. The minimum atomic E-state index is -3.62. The summed E-state index contributed by atoms with van der Waals surface area (Å²) in [5, 5.41) is 29.8. The summed E-state index contributed by atoms with van der Waals surface area (Å²) in [5.74, 6) is -2.46. The monoisotopic (exact) mass is 481 g/mol. The third-order valence-corrected chi connectivity index (χ3v) is 6.99. The molecule has 1 aliphatic rings. The van der Waals surface area contributed by atoms with Crippen molar-refractivity contribution in [3.63, 3.8) is 0 Å². The Balaban J connectivity index is 2.15. The maximum absolute atomic E-state index is 14.2. The van der Waals surface area contributed by atoms with Crippen LogP contribution in [-0.2, 0) is 21.2 Å². The third-order valence-electron chi connectivity index (χ3n) is 5.83. The highest BCUT2D eigenvalue weighted by Crippen LogP contribution is 2.44. The molecule has 2 unspecified atom stereocenters. The predicted octanol–water partition coefficient (Wildman–Crippen LogP) is 2.03. The average Bonchev–Trinajstić information content (AvgIpc) is 2.69.